The summed E-state index contributed by atoms with van der Waals surface area (Å²) in [7, 11) is 0. The third-order valence-corrected chi connectivity index (χ3v) is 3.34. The van der Waals surface area contributed by atoms with Gasteiger partial charge in [0, 0.05) is 32.2 Å². The topological polar surface area (TPSA) is 33.7 Å². The molecule has 1 aromatic rings. The number of rotatable bonds is 5. The Bertz CT molecular complexity index is 443. The average Bonchev–Trinajstić information content (AvgIpc) is 2.41. The van der Waals surface area contributed by atoms with Crippen LogP contribution in [0.1, 0.15) is 6.92 Å². The summed E-state index contributed by atoms with van der Waals surface area (Å²) < 4.78 is 45.4. The molecule has 0 aromatic heterocycles. The fourth-order valence-corrected chi connectivity index (χ4v) is 2.23. The zero-order valence-corrected chi connectivity index (χ0v) is 13.0. The summed E-state index contributed by atoms with van der Waals surface area (Å²) in [5, 5.41) is 3.31. The highest BCUT2D eigenvalue weighted by atomic mass is 35.5. The molecule has 0 aliphatic carbocycles. The second kappa shape index (κ2) is 8.45. The first-order chi connectivity index (χ1) is 9.94. The summed E-state index contributed by atoms with van der Waals surface area (Å²) in [5.74, 6) is 0.290. The van der Waals surface area contributed by atoms with Gasteiger partial charge < -0.3 is 14.8 Å². The van der Waals surface area contributed by atoms with Crippen molar-refractivity contribution < 1.29 is 22.6 Å². The van der Waals surface area contributed by atoms with Crippen LogP contribution in [-0.4, -0.2) is 50.1 Å². The van der Waals surface area contributed by atoms with Gasteiger partial charge in [0.25, 0.3) is 0 Å². The fraction of sp³-hybridized carbons (Fsp3) is 0.571. The predicted octanol–water partition coefficient (Wildman–Crippen LogP) is 2.68. The molecule has 4 nitrogen and oxygen atoms in total. The molecule has 1 fully saturated rings. The number of halogens is 4. The van der Waals surface area contributed by atoms with E-state index in [0.717, 1.165) is 26.2 Å². The molecule has 8 heteroatoms. The Morgan fingerprint density at radius 1 is 1.23 bits per heavy atom. The zero-order chi connectivity index (χ0) is 15.3. The molecular formula is C14H20ClF3N2O2. The first kappa shape index (κ1) is 18.9. The summed E-state index contributed by atoms with van der Waals surface area (Å²) in [6.45, 7) is 6.35. The molecule has 0 unspecified atom stereocenters. The van der Waals surface area contributed by atoms with Gasteiger partial charge in [0.2, 0.25) is 0 Å². The van der Waals surface area contributed by atoms with Gasteiger partial charge in [0.15, 0.2) is 0 Å². The highest BCUT2D eigenvalue weighted by Crippen LogP contribution is 2.24. The molecule has 0 bridgehead atoms. The number of piperazine rings is 1. The molecule has 0 spiro atoms. The Balaban J connectivity index is 0.00000242. The Morgan fingerprint density at radius 2 is 1.86 bits per heavy atom. The summed E-state index contributed by atoms with van der Waals surface area (Å²) in [6.07, 6.45) is -4.67. The lowest BCUT2D eigenvalue weighted by Crippen LogP contribution is -2.50. The molecule has 1 aromatic carbocycles. The molecule has 1 N–H and O–H groups in total. The smallest absolute Gasteiger partial charge is 0.492 e. The minimum absolute atomic E-state index is 0. The normalized spacial score (nSPS) is 19.4. The average molecular weight is 341 g/mol. The van der Waals surface area contributed by atoms with Crippen LogP contribution in [-0.2, 0) is 0 Å². The lowest BCUT2D eigenvalue weighted by Gasteiger charge is -2.33. The van der Waals surface area contributed by atoms with Crippen molar-refractivity contribution in [1.29, 1.82) is 0 Å². The number of nitrogens with one attached hydrogen (secondary N) is 1. The van der Waals surface area contributed by atoms with Gasteiger partial charge in [0.05, 0.1) is 0 Å². The molecule has 1 saturated heterocycles. The van der Waals surface area contributed by atoms with E-state index in [1.54, 1.807) is 0 Å². The van der Waals surface area contributed by atoms with E-state index in [-0.39, 0.29) is 18.2 Å². The number of hydrogen-bond donors (Lipinski definition) is 1. The fourth-order valence-electron chi connectivity index (χ4n) is 2.23. The van der Waals surface area contributed by atoms with E-state index < -0.39 is 6.36 Å². The van der Waals surface area contributed by atoms with Crippen molar-refractivity contribution in [2.45, 2.75) is 19.3 Å². The predicted molar refractivity (Wildman–Crippen MR) is 79.8 cm³/mol. The van der Waals surface area contributed by atoms with Crippen molar-refractivity contribution in [1.82, 2.24) is 10.2 Å². The standard InChI is InChI=1S/C14H19F3N2O2.ClH/c1-11-10-18-6-7-19(11)8-9-20-12-2-4-13(5-3-12)21-14(15,16)17;/h2-5,11,18H,6-10H2,1H3;1H/t11-;/m1./s1. The Hall–Kier alpha value is -1.18. The minimum Gasteiger partial charge on any atom is -0.492 e. The maximum Gasteiger partial charge on any atom is 0.573 e. The number of ether oxygens (including phenoxy) is 2. The maximum absolute atomic E-state index is 12.0. The van der Waals surface area contributed by atoms with Gasteiger partial charge in [-0.15, -0.1) is 25.6 Å². The molecule has 0 saturated carbocycles. The molecule has 126 valence electrons. The van der Waals surface area contributed by atoms with Crippen LogP contribution in [0, 0.1) is 0 Å². The second-order valence-electron chi connectivity index (χ2n) is 4.96. The largest absolute Gasteiger partial charge is 0.573 e. The van der Waals surface area contributed by atoms with E-state index in [1.807, 2.05) is 0 Å². The van der Waals surface area contributed by atoms with Crippen molar-refractivity contribution in [3.63, 3.8) is 0 Å². The van der Waals surface area contributed by atoms with Crippen LogP contribution < -0.4 is 14.8 Å². The number of hydrogen-bond acceptors (Lipinski definition) is 4. The van der Waals surface area contributed by atoms with Crippen LogP contribution in [0.3, 0.4) is 0 Å². The molecule has 1 heterocycles. The van der Waals surface area contributed by atoms with E-state index in [0.29, 0.717) is 18.4 Å². The van der Waals surface area contributed by atoms with Crippen LogP contribution in [0.25, 0.3) is 0 Å². The van der Waals surface area contributed by atoms with Crippen molar-refractivity contribution in [3.05, 3.63) is 24.3 Å². The van der Waals surface area contributed by atoms with E-state index in [4.69, 9.17) is 4.74 Å². The minimum atomic E-state index is -4.67. The molecule has 0 radical (unpaired) electrons. The van der Waals surface area contributed by atoms with Crippen LogP contribution in [0.15, 0.2) is 24.3 Å². The van der Waals surface area contributed by atoms with E-state index >= 15 is 0 Å². The van der Waals surface area contributed by atoms with Crippen molar-refractivity contribution in [2.75, 3.05) is 32.8 Å². The molecule has 1 aliphatic rings. The van der Waals surface area contributed by atoms with Crippen LogP contribution in [0.5, 0.6) is 11.5 Å². The third kappa shape index (κ3) is 6.29. The van der Waals surface area contributed by atoms with Gasteiger partial charge in [-0.3, -0.25) is 4.90 Å². The molecule has 1 atom stereocenters. The van der Waals surface area contributed by atoms with Gasteiger partial charge in [-0.2, -0.15) is 0 Å². The van der Waals surface area contributed by atoms with Crippen molar-refractivity contribution in [3.8, 4) is 11.5 Å². The first-order valence-corrected chi connectivity index (χ1v) is 6.87. The van der Waals surface area contributed by atoms with Gasteiger partial charge in [-0.25, -0.2) is 0 Å². The third-order valence-electron chi connectivity index (χ3n) is 3.34. The van der Waals surface area contributed by atoms with Crippen LogP contribution in [0.4, 0.5) is 13.2 Å². The summed E-state index contributed by atoms with van der Waals surface area (Å²) in [4.78, 5) is 2.32. The highest BCUT2D eigenvalue weighted by molar-refractivity contribution is 5.85. The Kier molecular flexibility index (Phi) is 7.25. The lowest BCUT2D eigenvalue weighted by atomic mass is 10.2. The second-order valence-corrected chi connectivity index (χ2v) is 4.96. The number of nitrogens with zero attached hydrogens (tertiary/aromatic N) is 1. The maximum atomic E-state index is 12.0. The van der Waals surface area contributed by atoms with Crippen LogP contribution >= 0.6 is 12.4 Å². The molecule has 22 heavy (non-hydrogen) atoms. The molecular weight excluding hydrogens is 321 g/mol. The van der Waals surface area contributed by atoms with E-state index in [9.17, 15) is 13.2 Å². The summed E-state index contributed by atoms with van der Waals surface area (Å²) in [6, 6.07) is 5.90. The van der Waals surface area contributed by atoms with Gasteiger partial charge >= 0.3 is 6.36 Å². The molecule has 1 aliphatic heterocycles. The van der Waals surface area contributed by atoms with Gasteiger partial charge in [-0.05, 0) is 31.2 Å². The monoisotopic (exact) mass is 340 g/mol. The molecule has 0 amide bonds. The zero-order valence-electron chi connectivity index (χ0n) is 12.2. The quantitative estimate of drug-likeness (QED) is 0.893. The van der Waals surface area contributed by atoms with Gasteiger partial charge in [0.1, 0.15) is 18.1 Å². The lowest BCUT2D eigenvalue weighted by molar-refractivity contribution is -0.274. The summed E-state index contributed by atoms with van der Waals surface area (Å²) >= 11 is 0. The van der Waals surface area contributed by atoms with Crippen LogP contribution in [0.2, 0.25) is 0 Å². The highest BCUT2D eigenvalue weighted by Gasteiger charge is 2.30. The summed E-state index contributed by atoms with van der Waals surface area (Å²) in [5.41, 5.74) is 0. The Morgan fingerprint density at radius 3 is 2.45 bits per heavy atom. The van der Waals surface area contributed by atoms with Gasteiger partial charge in [-0.1, -0.05) is 0 Å². The number of alkyl halides is 3. The SMILES string of the molecule is C[C@@H]1CNCCN1CCOc1ccc(OC(F)(F)F)cc1.Cl. The van der Waals surface area contributed by atoms with Crippen molar-refractivity contribution >= 4 is 12.4 Å². The van der Waals surface area contributed by atoms with E-state index in [1.165, 1.54) is 24.3 Å². The van der Waals surface area contributed by atoms with Crippen molar-refractivity contribution in [2.24, 2.45) is 0 Å². The Labute approximate surface area is 134 Å². The number of benzene rings is 1. The first-order valence-electron chi connectivity index (χ1n) is 6.87. The van der Waals surface area contributed by atoms with E-state index in [2.05, 4.69) is 21.9 Å². The molecule has 2 rings (SSSR count).